The Balaban J connectivity index is 3.12. The standard InChI is InChI=1S/C8H4O2Se2/c9-7(11)5-2-1-3-6(4-5)8(10)12/h1-4H. The van der Waals surface area contributed by atoms with E-state index in [9.17, 15) is 9.59 Å². The molecule has 4 heteroatoms. The van der Waals surface area contributed by atoms with Crippen molar-refractivity contribution in [3.8, 4) is 0 Å². The Morgan fingerprint density at radius 3 is 1.75 bits per heavy atom. The van der Waals surface area contributed by atoms with Gasteiger partial charge in [-0.3, -0.25) is 0 Å². The summed E-state index contributed by atoms with van der Waals surface area (Å²) < 4.78 is -0.309. The van der Waals surface area contributed by atoms with Crippen LogP contribution in [-0.2, 0) is 0 Å². The van der Waals surface area contributed by atoms with E-state index in [1.165, 1.54) is 0 Å². The van der Waals surface area contributed by atoms with E-state index in [0.29, 0.717) is 11.1 Å². The van der Waals surface area contributed by atoms with Crippen molar-refractivity contribution in [3.63, 3.8) is 0 Å². The van der Waals surface area contributed by atoms with Gasteiger partial charge in [-0.05, 0) is 0 Å². The van der Waals surface area contributed by atoms with Gasteiger partial charge in [0.25, 0.3) is 0 Å². The van der Waals surface area contributed by atoms with Crippen molar-refractivity contribution in [2.24, 2.45) is 0 Å². The quantitative estimate of drug-likeness (QED) is 0.734. The van der Waals surface area contributed by atoms with Gasteiger partial charge in [-0.2, -0.15) is 0 Å². The predicted molar refractivity (Wildman–Crippen MR) is 46.6 cm³/mol. The molecule has 0 aliphatic carbocycles. The van der Waals surface area contributed by atoms with Gasteiger partial charge in [0.15, 0.2) is 0 Å². The molecule has 0 saturated carbocycles. The summed E-state index contributed by atoms with van der Waals surface area (Å²) in [5, 5.41) is 0. The fourth-order valence-corrected chi connectivity index (χ4v) is 1.31. The van der Waals surface area contributed by atoms with Crippen LogP contribution >= 0.6 is 0 Å². The average molecular weight is 290 g/mol. The second-order valence-corrected chi connectivity index (χ2v) is 3.71. The second-order valence-electron chi connectivity index (χ2n) is 2.16. The molecule has 2 radical (unpaired) electrons. The zero-order valence-corrected chi connectivity index (χ0v) is 9.37. The topological polar surface area (TPSA) is 34.1 Å². The van der Waals surface area contributed by atoms with E-state index in [0.717, 1.165) is 0 Å². The summed E-state index contributed by atoms with van der Waals surface area (Å²) in [4.78, 5) is 21.7. The molecule has 0 aliphatic heterocycles. The van der Waals surface area contributed by atoms with Gasteiger partial charge in [0, 0.05) is 0 Å². The number of hydrogen-bond donors (Lipinski definition) is 0. The fraction of sp³-hybridized carbons (Fsp3) is 0. The predicted octanol–water partition coefficient (Wildman–Crippen LogP) is 0.304. The first kappa shape index (κ1) is 9.69. The third-order valence-corrected chi connectivity index (χ3v) is 2.32. The molecule has 2 nitrogen and oxygen atoms in total. The zero-order chi connectivity index (χ0) is 9.14. The van der Waals surface area contributed by atoms with Crippen LogP contribution in [-0.4, -0.2) is 41.4 Å². The molecule has 0 spiro atoms. The molecule has 0 unspecified atom stereocenters. The van der Waals surface area contributed by atoms with Gasteiger partial charge in [-0.15, -0.1) is 0 Å². The molecule has 0 aromatic heterocycles. The van der Waals surface area contributed by atoms with E-state index in [-0.39, 0.29) is 9.36 Å². The summed E-state index contributed by atoms with van der Waals surface area (Å²) in [6.07, 6.45) is 0. The van der Waals surface area contributed by atoms with E-state index in [1.807, 2.05) is 0 Å². The normalized spacial score (nSPS) is 9.33. The van der Waals surface area contributed by atoms with Crippen LogP contribution < -0.4 is 0 Å². The summed E-state index contributed by atoms with van der Waals surface area (Å²) >= 11 is 4.72. The van der Waals surface area contributed by atoms with Crippen molar-refractivity contribution < 1.29 is 9.59 Å². The van der Waals surface area contributed by atoms with E-state index in [2.05, 4.69) is 32.0 Å². The number of carbonyl (C=O) groups is 2. The summed E-state index contributed by atoms with van der Waals surface area (Å²) in [5.74, 6) is 0. The van der Waals surface area contributed by atoms with E-state index in [4.69, 9.17) is 0 Å². The third-order valence-electron chi connectivity index (χ3n) is 1.33. The van der Waals surface area contributed by atoms with Gasteiger partial charge in [-0.1, -0.05) is 0 Å². The van der Waals surface area contributed by atoms with Crippen molar-refractivity contribution in [2.45, 2.75) is 0 Å². The average Bonchev–Trinajstić information content (AvgIpc) is 2.04. The van der Waals surface area contributed by atoms with Crippen LogP contribution in [0.2, 0.25) is 0 Å². The van der Waals surface area contributed by atoms with E-state index in [1.54, 1.807) is 24.3 Å². The van der Waals surface area contributed by atoms with Crippen molar-refractivity contribution in [1.29, 1.82) is 0 Å². The number of hydrogen-bond acceptors (Lipinski definition) is 2. The molecule has 0 amide bonds. The molecule has 0 saturated heterocycles. The van der Waals surface area contributed by atoms with Crippen LogP contribution in [0, 0.1) is 0 Å². The Morgan fingerprint density at radius 2 is 1.42 bits per heavy atom. The zero-order valence-electron chi connectivity index (χ0n) is 5.94. The molecule has 0 aliphatic rings. The Kier molecular flexibility index (Phi) is 3.24. The Bertz CT molecular complexity index is 304. The number of rotatable bonds is 2. The van der Waals surface area contributed by atoms with Gasteiger partial charge in [-0.25, -0.2) is 0 Å². The number of carbonyl (C=O) groups excluding carboxylic acids is 2. The summed E-state index contributed by atoms with van der Waals surface area (Å²) in [7, 11) is 0. The van der Waals surface area contributed by atoms with Gasteiger partial charge in [0.05, 0.1) is 0 Å². The summed E-state index contributed by atoms with van der Waals surface area (Å²) in [5.41, 5.74) is 1.02. The minimum atomic E-state index is -0.155. The van der Waals surface area contributed by atoms with Crippen LogP contribution in [0.5, 0.6) is 0 Å². The van der Waals surface area contributed by atoms with Crippen LogP contribution in [0.25, 0.3) is 0 Å². The fourth-order valence-electron chi connectivity index (χ4n) is 0.773. The van der Waals surface area contributed by atoms with Crippen molar-refractivity contribution in [2.75, 3.05) is 0 Å². The molecule has 0 N–H and O–H groups in total. The van der Waals surface area contributed by atoms with Crippen LogP contribution in [0.1, 0.15) is 20.7 Å². The molecular weight excluding hydrogens is 286 g/mol. The molecule has 0 bridgehead atoms. The Morgan fingerprint density at radius 1 is 1.00 bits per heavy atom. The van der Waals surface area contributed by atoms with Crippen LogP contribution in [0.15, 0.2) is 24.3 Å². The molecule has 1 aromatic carbocycles. The van der Waals surface area contributed by atoms with Gasteiger partial charge in [0.1, 0.15) is 0 Å². The van der Waals surface area contributed by atoms with Crippen LogP contribution in [0.3, 0.4) is 0 Å². The maximum atomic E-state index is 10.8. The molecule has 0 atom stereocenters. The van der Waals surface area contributed by atoms with Crippen LogP contribution in [0.4, 0.5) is 0 Å². The van der Waals surface area contributed by atoms with E-state index >= 15 is 0 Å². The molecule has 12 heavy (non-hydrogen) atoms. The third kappa shape index (κ3) is 2.29. The molecule has 1 rings (SSSR count). The first-order valence-electron chi connectivity index (χ1n) is 3.14. The molecule has 0 heterocycles. The van der Waals surface area contributed by atoms with Crippen molar-refractivity contribution in [1.82, 2.24) is 0 Å². The maximum absolute atomic E-state index is 10.8. The summed E-state index contributed by atoms with van der Waals surface area (Å²) in [6, 6.07) is 6.54. The van der Waals surface area contributed by atoms with Crippen molar-refractivity contribution in [3.05, 3.63) is 35.4 Å². The van der Waals surface area contributed by atoms with Gasteiger partial charge in [0.2, 0.25) is 0 Å². The van der Waals surface area contributed by atoms with Gasteiger partial charge < -0.3 is 0 Å². The Hall–Kier alpha value is -0.401. The van der Waals surface area contributed by atoms with Crippen molar-refractivity contribution >= 4 is 41.4 Å². The minimum absolute atomic E-state index is 0.155. The SMILES string of the molecule is O=C([Se])c1cccc(C(=O)[Se])c1. The second kappa shape index (κ2) is 4.01. The molecule has 0 fully saturated rings. The molecule has 1 aromatic rings. The molecule has 60 valence electrons. The van der Waals surface area contributed by atoms with E-state index < -0.39 is 0 Å². The summed E-state index contributed by atoms with van der Waals surface area (Å²) in [6.45, 7) is 0. The number of benzene rings is 1. The molecular formula is C8H4O2Se2. The van der Waals surface area contributed by atoms with Gasteiger partial charge >= 0.3 is 86.4 Å². The Labute approximate surface area is 86.4 Å². The first-order valence-corrected chi connectivity index (χ1v) is 4.85. The first-order chi connectivity index (χ1) is 5.61. The monoisotopic (exact) mass is 292 g/mol.